The summed E-state index contributed by atoms with van der Waals surface area (Å²) >= 11 is 1.77. The van der Waals surface area contributed by atoms with Crippen molar-refractivity contribution in [1.82, 2.24) is 0 Å². The molecule has 0 spiro atoms. The van der Waals surface area contributed by atoms with Crippen LogP contribution in [-0.4, -0.2) is 5.78 Å². The summed E-state index contributed by atoms with van der Waals surface area (Å²) in [7, 11) is 0. The minimum atomic E-state index is 0.118. The lowest BCUT2D eigenvalue weighted by atomic mass is 9.87. The largest absolute Gasteiger partial charge is 0.295 e. The van der Waals surface area contributed by atoms with Crippen LogP contribution in [0.5, 0.6) is 0 Å². The Bertz CT molecular complexity index is 621. The molecule has 2 rings (SSSR count). The maximum atomic E-state index is 11.4. The molecule has 0 radical (unpaired) electrons. The molecule has 110 valence electrons. The van der Waals surface area contributed by atoms with Crippen molar-refractivity contribution in [3.63, 3.8) is 0 Å². The number of hydrogen-bond acceptors (Lipinski definition) is 2. The van der Waals surface area contributed by atoms with Gasteiger partial charge in [0.05, 0.1) is 0 Å². The second-order valence-electron chi connectivity index (χ2n) is 6.32. The minimum absolute atomic E-state index is 0.118. The molecule has 21 heavy (non-hydrogen) atoms. The molecule has 0 aliphatic carbocycles. The predicted molar refractivity (Wildman–Crippen MR) is 91.1 cm³/mol. The maximum absolute atomic E-state index is 11.4. The molecule has 0 unspecified atom stereocenters. The highest BCUT2D eigenvalue weighted by Gasteiger charge is 2.12. The van der Waals surface area contributed by atoms with Crippen molar-refractivity contribution in [1.29, 1.82) is 0 Å². The molecule has 1 nitrogen and oxygen atoms in total. The fourth-order valence-corrected chi connectivity index (χ4v) is 2.98. The van der Waals surface area contributed by atoms with Crippen molar-refractivity contribution >= 4 is 17.5 Å². The van der Waals surface area contributed by atoms with Gasteiger partial charge in [-0.3, -0.25) is 4.79 Å². The molecule has 0 heterocycles. The van der Waals surface area contributed by atoms with E-state index in [4.69, 9.17) is 0 Å². The van der Waals surface area contributed by atoms with E-state index < -0.39 is 0 Å². The van der Waals surface area contributed by atoms with Crippen LogP contribution in [0.4, 0.5) is 0 Å². The first-order valence-electron chi connectivity index (χ1n) is 7.19. The van der Waals surface area contributed by atoms with E-state index in [1.54, 1.807) is 18.7 Å². The Morgan fingerprint density at radius 2 is 1.71 bits per heavy atom. The number of ketones is 1. The summed E-state index contributed by atoms with van der Waals surface area (Å²) in [6.07, 6.45) is 0. The van der Waals surface area contributed by atoms with E-state index in [1.165, 1.54) is 11.1 Å². The van der Waals surface area contributed by atoms with Gasteiger partial charge in [0, 0.05) is 16.2 Å². The summed E-state index contributed by atoms with van der Waals surface area (Å²) < 4.78 is 0. The highest BCUT2D eigenvalue weighted by molar-refractivity contribution is 7.98. The fraction of sp³-hybridized carbons (Fsp3) is 0.316. The number of hydrogen-bond donors (Lipinski definition) is 0. The van der Waals surface area contributed by atoms with E-state index in [9.17, 15) is 4.79 Å². The van der Waals surface area contributed by atoms with Gasteiger partial charge in [-0.2, -0.15) is 0 Å². The zero-order valence-electron chi connectivity index (χ0n) is 13.1. The number of benzene rings is 2. The molecule has 0 N–H and O–H groups in total. The summed E-state index contributed by atoms with van der Waals surface area (Å²) in [5.41, 5.74) is 3.64. The van der Waals surface area contributed by atoms with E-state index >= 15 is 0 Å². The molecule has 2 heteroatoms. The van der Waals surface area contributed by atoms with Gasteiger partial charge in [-0.05, 0) is 35.6 Å². The Morgan fingerprint density at radius 1 is 1.05 bits per heavy atom. The number of Topliss-reactive ketones (excluding diaryl/α,β-unsaturated/α-hetero) is 1. The molecule has 0 saturated carbocycles. The highest BCUT2D eigenvalue weighted by atomic mass is 32.2. The standard InChI is InChI=1S/C19H22OS/c1-14(20)16-6-5-7-18(12-16)21-13-15-8-10-17(11-9-15)19(2,3)4/h5-12H,13H2,1-4H3. The lowest BCUT2D eigenvalue weighted by Crippen LogP contribution is -2.10. The molecule has 2 aromatic carbocycles. The van der Waals surface area contributed by atoms with Crippen molar-refractivity contribution in [2.45, 2.75) is 43.8 Å². The molecule has 2 aromatic rings. The molecule has 0 fully saturated rings. The van der Waals surface area contributed by atoms with Gasteiger partial charge < -0.3 is 0 Å². The molecule has 0 bridgehead atoms. The fourth-order valence-electron chi connectivity index (χ4n) is 2.07. The van der Waals surface area contributed by atoms with Crippen LogP contribution in [0.25, 0.3) is 0 Å². The highest BCUT2D eigenvalue weighted by Crippen LogP contribution is 2.26. The number of carbonyl (C=O) groups excluding carboxylic acids is 1. The third-order valence-corrected chi connectivity index (χ3v) is 4.53. The zero-order valence-corrected chi connectivity index (χ0v) is 14.0. The minimum Gasteiger partial charge on any atom is -0.295 e. The van der Waals surface area contributed by atoms with Crippen molar-refractivity contribution in [2.75, 3.05) is 0 Å². The quantitative estimate of drug-likeness (QED) is 0.549. The summed E-state index contributed by atoms with van der Waals surface area (Å²) in [4.78, 5) is 12.5. The van der Waals surface area contributed by atoms with Crippen LogP contribution in [0, 0.1) is 0 Å². The van der Waals surface area contributed by atoms with E-state index in [-0.39, 0.29) is 11.2 Å². The van der Waals surface area contributed by atoms with Gasteiger partial charge in [0.1, 0.15) is 0 Å². The molecule has 0 atom stereocenters. The summed E-state index contributed by atoms with van der Waals surface area (Å²) in [5.74, 6) is 1.04. The van der Waals surface area contributed by atoms with Crippen LogP contribution in [0.15, 0.2) is 53.4 Å². The molecular weight excluding hydrogens is 276 g/mol. The second kappa shape index (κ2) is 6.48. The van der Waals surface area contributed by atoms with E-state index in [0.29, 0.717) is 0 Å². The smallest absolute Gasteiger partial charge is 0.159 e. The van der Waals surface area contributed by atoms with Gasteiger partial charge in [0.15, 0.2) is 5.78 Å². The lowest BCUT2D eigenvalue weighted by molar-refractivity contribution is 0.101. The number of carbonyl (C=O) groups is 1. The Hall–Kier alpha value is -1.54. The molecule has 0 aliphatic rings. The average Bonchev–Trinajstić information content (AvgIpc) is 2.45. The third-order valence-electron chi connectivity index (χ3n) is 3.47. The molecule has 0 aromatic heterocycles. The first kappa shape index (κ1) is 15.8. The van der Waals surface area contributed by atoms with Crippen molar-refractivity contribution in [3.8, 4) is 0 Å². The van der Waals surface area contributed by atoms with Gasteiger partial charge >= 0.3 is 0 Å². The monoisotopic (exact) mass is 298 g/mol. The maximum Gasteiger partial charge on any atom is 0.159 e. The number of thioether (sulfide) groups is 1. The second-order valence-corrected chi connectivity index (χ2v) is 7.37. The normalized spacial score (nSPS) is 11.4. The van der Waals surface area contributed by atoms with Gasteiger partial charge in [0.2, 0.25) is 0 Å². The Morgan fingerprint density at radius 3 is 2.29 bits per heavy atom. The SMILES string of the molecule is CC(=O)c1cccc(SCc2ccc(C(C)(C)C)cc2)c1. The molecule has 0 amide bonds. The summed E-state index contributed by atoms with van der Waals surface area (Å²) in [5, 5.41) is 0. The first-order valence-corrected chi connectivity index (χ1v) is 8.18. The lowest BCUT2D eigenvalue weighted by Gasteiger charge is -2.19. The summed E-state index contributed by atoms with van der Waals surface area (Å²) in [6, 6.07) is 16.7. The zero-order chi connectivity index (χ0) is 15.5. The third kappa shape index (κ3) is 4.47. The van der Waals surface area contributed by atoms with E-state index in [1.807, 2.05) is 18.2 Å². The number of rotatable bonds is 4. The van der Waals surface area contributed by atoms with Crippen LogP contribution in [-0.2, 0) is 11.2 Å². The molecular formula is C19H22OS. The van der Waals surface area contributed by atoms with Crippen LogP contribution in [0.1, 0.15) is 49.2 Å². The van der Waals surface area contributed by atoms with Crippen molar-refractivity contribution in [2.24, 2.45) is 0 Å². The van der Waals surface area contributed by atoms with Crippen LogP contribution >= 0.6 is 11.8 Å². The van der Waals surface area contributed by atoms with Gasteiger partial charge in [-0.25, -0.2) is 0 Å². The van der Waals surface area contributed by atoms with Gasteiger partial charge in [-0.1, -0.05) is 57.2 Å². The van der Waals surface area contributed by atoms with E-state index in [2.05, 4.69) is 51.1 Å². The molecule has 0 aliphatic heterocycles. The van der Waals surface area contributed by atoms with Crippen molar-refractivity contribution in [3.05, 3.63) is 65.2 Å². The topological polar surface area (TPSA) is 17.1 Å². The van der Waals surface area contributed by atoms with Gasteiger partial charge in [0.25, 0.3) is 0 Å². The average molecular weight is 298 g/mol. The van der Waals surface area contributed by atoms with E-state index in [0.717, 1.165) is 16.2 Å². The Kier molecular flexibility index (Phi) is 4.89. The summed E-state index contributed by atoms with van der Waals surface area (Å²) in [6.45, 7) is 8.28. The molecule has 0 saturated heterocycles. The predicted octanol–water partition coefficient (Wildman–Crippen LogP) is 5.48. The Labute approximate surface area is 131 Å². The van der Waals surface area contributed by atoms with Gasteiger partial charge in [-0.15, -0.1) is 11.8 Å². The van der Waals surface area contributed by atoms with Crippen LogP contribution in [0.2, 0.25) is 0 Å². The van der Waals surface area contributed by atoms with Crippen molar-refractivity contribution < 1.29 is 4.79 Å². The first-order chi connectivity index (χ1) is 9.86. The van der Waals surface area contributed by atoms with Crippen LogP contribution < -0.4 is 0 Å². The van der Waals surface area contributed by atoms with Crippen LogP contribution in [0.3, 0.4) is 0 Å². The Balaban J connectivity index is 2.03.